The lowest BCUT2D eigenvalue weighted by Crippen LogP contribution is -2.38. The molecule has 1 aliphatic rings. The van der Waals surface area contributed by atoms with Crippen LogP contribution in [0.1, 0.15) is 29.5 Å². The van der Waals surface area contributed by atoms with Gasteiger partial charge in [-0.25, -0.2) is 4.98 Å². The highest BCUT2D eigenvalue weighted by Gasteiger charge is 2.27. The van der Waals surface area contributed by atoms with Crippen LogP contribution in [-0.4, -0.2) is 37.3 Å². The molecule has 4 rings (SSSR count). The second-order valence-corrected chi connectivity index (χ2v) is 8.54. The van der Waals surface area contributed by atoms with E-state index < -0.39 is 0 Å². The molecule has 1 unspecified atom stereocenters. The fraction of sp³-hybridized carbons (Fsp3) is 0.391. The van der Waals surface area contributed by atoms with Gasteiger partial charge in [0.25, 0.3) is 0 Å². The summed E-state index contributed by atoms with van der Waals surface area (Å²) in [6.45, 7) is 5.40. The van der Waals surface area contributed by atoms with Crippen molar-refractivity contribution < 1.29 is 14.3 Å². The van der Waals surface area contributed by atoms with Gasteiger partial charge >= 0.3 is 0 Å². The molecule has 2 aromatic carbocycles. The fourth-order valence-electron chi connectivity index (χ4n) is 3.63. The van der Waals surface area contributed by atoms with Crippen molar-refractivity contribution in [3.8, 4) is 5.75 Å². The fourth-order valence-corrected chi connectivity index (χ4v) is 4.71. The number of fused-ring (bicyclic) bond motifs is 1. The monoisotopic (exact) mass is 410 g/mol. The minimum absolute atomic E-state index is 0.0417. The highest BCUT2D eigenvalue weighted by Crippen LogP contribution is 2.37. The van der Waals surface area contributed by atoms with Crippen LogP contribution in [0.15, 0.2) is 36.4 Å². The Morgan fingerprint density at radius 2 is 2.03 bits per heavy atom. The van der Waals surface area contributed by atoms with Crippen molar-refractivity contribution in [3.05, 3.63) is 53.1 Å². The maximum Gasteiger partial charge on any atom is 0.233 e. The zero-order valence-electron chi connectivity index (χ0n) is 17.1. The van der Waals surface area contributed by atoms with Gasteiger partial charge in [0.15, 0.2) is 5.13 Å². The Kier molecular flexibility index (Phi) is 5.83. The minimum atomic E-state index is 0.0417. The average Bonchev–Trinajstić information content (AvgIpc) is 3.38. The summed E-state index contributed by atoms with van der Waals surface area (Å²) < 4.78 is 12.4. The lowest BCUT2D eigenvalue weighted by molar-refractivity contribution is -0.118. The molecule has 0 spiro atoms. The van der Waals surface area contributed by atoms with E-state index in [9.17, 15) is 4.79 Å². The predicted octanol–water partition coefficient (Wildman–Crippen LogP) is 4.68. The number of amides is 1. The van der Waals surface area contributed by atoms with Crippen molar-refractivity contribution in [3.63, 3.8) is 0 Å². The number of hydrogen-bond donors (Lipinski definition) is 0. The molecule has 1 fully saturated rings. The lowest BCUT2D eigenvalue weighted by atomic mass is 10.1. The Labute approximate surface area is 175 Å². The number of methoxy groups -OCH3 is 1. The van der Waals surface area contributed by atoms with E-state index in [0.717, 1.165) is 46.5 Å². The number of thiazole rings is 1. The number of nitrogens with zero attached hydrogens (tertiary/aromatic N) is 2. The minimum Gasteiger partial charge on any atom is -0.494 e. The first-order chi connectivity index (χ1) is 14.0. The Morgan fingerprint density at radius 1 is 1.24 bits per heavy atom. The third kappa shape index (κ3) is 4.28. The third-order valence-electron chi connectivity index (χ3n) is 5.33. The maximum atomic E-state index is 13.3. The van der Waals surface area contributed by atoms with E-state index in [-0.39, 0.29) is 12.0 Å². The number of anilines is 1. The smallest absolute Gasteiger partial charge is 0.233 e. The molecule has 1 aliphatic heterocycles. The van der Waals surface area contributed by atoms with E-state index in [0.29, 0.717) is 18.1 Å². The van der Waals surface area contributed by atoms with Gasteiger partial charge in [-0.15, -0.1) is 0 Å². The normalized spacial score (nSPS) is 16.3. The second-order valence-electron chi connectivity index (χ2n) is 7.56. The SMILES string of the molecule is COc1ccc(C)c2sc(N(CC3CCCO3)C(=O)Cc3ccc(C)cc3)nc12. The zero-order chi connectivity index (χ0) is 20.4. The summed E-state index contributed by atoms with van der Waals surface area (Å²) in [4.78, 5) is 19.9. The first-order valence-corrected chi connectivity index (χ1v) is 10.8. The summed E-state index contributed by atoms with van der Waals surface area (Å²) in [5, 5.41) is 0.709. The van der Waals surface area contributed by atoms with Crippen molar-refractivity contribution in [1.29, 1.82) is 0 Å². The summed E-state index contributed by atoms with van der Waals surface area (Å²) in [6, 6.07) is 12.1. The van der Waals surface area contributed by atoms with Gasteiger partial charge in [-0.2, -0.15) is 0 Å². The van der Waals surface area contributed by atoms with E-state index >= 15 is 0 Å². The molecule has 0 bridgehead atoms. The van der Waals surface area contributed by atoms with Gasteiger partial charge in [-0.05, 0) is 43.9 Å². The quantitative estimate of drug-likeness (QED) is 0.592. The molecular weight excluding hydrogens is 384 g/mol. The summed E-state index contributed by atoms with van der Waals surface area (Å²) in [7, 11) is 1.65. The van der Waals surface area contributed by atoms with E-state index in [1.54, 1.807) is 23.3 Å². The van der Waals surface area contributed by atoms with Crippen LogP contribution in [0.3, 0.4) is 0 Å². The third-order valence-corrected chi connectivity index (χ3v) is 6.54. The number of carbonyl (C=O) groups is 1. The zero-order valence-corrected chi connectivity index (χ0v) is 17.9. The summed E-state index contributed by atoms with van der Waals surface area (Å²) in [5.41, 5.74) is 4.14. The molecule has 29 heavy (non-hydrogen) atoms. The van der Waals surface area contributed by atoms with Crippen molar-refractivity contribution in [2.45, 2.75) is 39.2 Å². The molecule has 0 N–H and O–H groups in total. The largest absolute Gasteiger partial charge is 0.494 e. The molecule has 1 atom stereocenters. The highest BCUT2D eigenvalue weighted by molar-refractivity contribution is 7.22. The topological polar surface area (TPSA) is 51.7 Å². The van der Waals surface area contributed by atoms with Crippen LogP contribution in [0.4, 0.5) is 5.13 Å². The molecule has 3 aromatic rings. The van der Waals surface area contributed by atoms with Crippen LogP contribution < -0.4 is 9.64 Å². The predicted molar refractivity (Wildman–Crippen MR) is 117 cm³/mol. The van der Waals surface area contributed by atoms with Gasteiger partial charge in [0.2, 0.25) is 5.91 Å². The molecule has 152 valence electrons. The van der Waals surface area contributed by atoms with Gasteiger partial charge in [-0.1, -0.05) is 47.2 Å². The number of rotatable bonds is 6. The van der Waals surface area contributed by atoms with Crippen molar-refractivity contribution in [2.75, 3.05) is 25.2 Å². The molecule has 0 aliphatic carbocycles. The first kappa shape index (κ1) is 19.9. The molecule has 6 heteroatoms. The van der Waals surface area contributed by atoms with Crippen molar-refractivity contribution >= 4 is 32.6 Å². The van der Waals surface area contributed by atoms with Crippen molar-refractivity contribution in [2.24, 2.45) is 0 Å². The highest BCUT2D eigenvalue weighted by atomic mass is 32.1. The summed E-state index contributed by atoms with van der Waals surface area (Å²) in [5.74, 6) is 0.774. The molecule has 2 heterocycles. The van der Waals surface area contributed by atoms with E-state index in [1.165, 1.54) is 5.56 Å². The Bertz CT molecular complexity index is 1010. The van der Waals surface area contributed by atoms with E-state index in [4.69, 9.17) is 14.5 Å². The van der Waals surface area contributed by atoms with Crippen molar-refractivity contribution in [1.82, 2.24) is 4.98 Å². The van der Waals surface area contributed by atoms with Crippen LogP contribution in [0.2, 0.25) is 0 Å². The molecule has 5 nitrogen and oxygen atoms in total. The van der Waals surface area contributed by atoms with Gasteiger partial charge in [0.1, 0.15) is 11.3 Å². The van der Waals surface area contributed by atoms with Crippen LogP contribution in [0.5, 0.6) is 5.75 Å². The van der Waals surface area contributed by atoms with Gasteiger partial charge in [-0.3, -0.25) is 9.69 Å². The van der Waals surface area contributed by atoms with Gasteiger partial charge < -0.3 is 9.47 Å². The van der Waals surface area contributed by atoms with Crippen LogP contribution >= 0.6 is 11.3 Å². The average molecular weight is 411 g/mol. The molecular formula is C23H26N2O3S. The molecule has 1 aromatic heterocycles. The van der Waals surface area contributed by atoms with Crippen LogP contribution in [0, 0.1) is 13.8 Å². The molecule has 1 saturated heterocycles. The number of aromatic nitrogens is 1. The maximum absolute atomic E-state index is 13.3. The standard InChI is InChI=1S/C23H26N2O3S/c1-15-6-9-17(10-7-15)13-20(26)25(14-18-5-4-12-28-18)23-24-21-19(27-3)11-8-16(2)22(21)29-23/h6-11,18H,4-5,12-14H2,1-3H3. The number of aryl methyl sites for hydroxylation is 2. The Hall–Kier alpha value is -2.44. The van der Waals surface area contributed by atoms with E-state index in [1.807, 2.05) is 43.3 Å². The van der Waals surface area contributed by atoms with Gasteiger partial charge in [0, 0.05) is 6.61 Å². The number of benzene rings is 2. The second kappa shape index (κ2) is 8.51. The molecule has 1 amide bonds. The number of hydrogen-bond acceptors (Lipinski definition) is 5. The van der Waals surface area contributed by atoms with E-state index in [2.05, 4.69) is 6.92 Å². The summed E-state index contributed by atoms with van der Waals surface area (Å²) >= 11 is 1.54. The van der Waals surface area contributed by atoms with Crippen LogP contribution in [0.25, 0.3) is 10.2 Å². The number of carbonyl (C=O) groups excluding carboxylic acids is 1. The van der Waals surface area contributed by atoms with Gasteiger partial charge in [0.05, 0.1) is 30.9 Å². The van der Waals surface area contributed by atoms with Crippen LogP contribution in [-0.2, 0) is 16.0 Å². The summed E-state index contributed by atoms with van der Waals surface area (Å²) in [6.07, 6.45) is 2.42. The Balaban J connectivity index is 1.68. The first-order valence-electron chi connectivity index (χ1n) is 9.97. The number of ether oxygens (including phenoxy) is 2. The molecule has 0 radical (unpaired) electrons. The molecule has 0 saturated carbocycles. The lowest BCUT2D eigenvalue weighted by Gasteiger charge is -2.23. The Morgan fingerprint density at radius 3 is 2.72 bits per heavy atom.